The van der Waals surface area contributed by atoms with E-state index >= 15 is 0 Å². The van der Waals surface area contributed by atoms with Crippen molar-refractivity contribution in [3.63, 3.8) is 0 Å². The SMILES string of the molecule is CCCSc1nc(Cl)cc2cnc(CCC)n12. The Labute approximate surface area is 111 Å². The lowest BCUT2D eigenvalue weighted by Crippen LogP contribution is -2.00. The van der Waals surface area contributed by atoms with Crippen LogP contribution in [0.5, 0.6) is 0 Å². The summed E-state index contributed by atoms with van der Waals surface area (Å²) in [6, 6.07) is 1.86. The highest BCUT2D eigenvalue weighted by molar-refractivity contribution is 7.99. The zero-order valence-corrected chi connectivity index (χ0v) is 11.7. The van der Waals surface area contributed by atoms with Crippen LogP contribution in [0, 0.1) is 0 Å². The Hall–Kier alpha value is -0.740. The molecular formula is C12H16ClN3S. The van der Waals surface area contributed by atoms with E-state index in [0.29, 0.717) is 5.15 Å². The summed E-state index contributed by atoms with van der Waals surface area (Å²) in [4.78, 5) is 8.85. The van der Waals surface area contributed by atoms with Crippen LogP contribution in [0.1, 0.15) is 32.5 Å². The molecule has 0 saturated heterocycles. The van der Waals surface area contributed by atoms with E-state index in [1.54, 1.807) is 11.8 Å². The summed E-state index contributed by atoms with van der Waals surface area (Å²) in [5.74, 6) is 2.12. The van der Waals surface area contributed by atoms with Crippen molar-refractivity contribution in [1.82, 2.24) is 14.4 Å². The van der Waals surface area contributed by atoms with Gasteiger partial charge in [-0.15, -0.1) is 0 Å². The van der Waals surface area contributed by atoms with Crippen LogP contribution >= 0.6 is 23.4 Å². The molecular weight excluding hydrogens is 254 g/mol. The second kappa shape index (κ2) is 5.74. The average Bonchev–Trinajstić information content (AvgIpc) is 2.69. The van der Waals surface area contributed by atoms with Gasteiger partial charge in [-0.3, -0.25) is 4.40 Å². The van der Waals surface area contributed by atoms with Gasteiger partial charge in [0.1, 0.15) is 11.0 Å². The van der Waals surface area contributed by atoms with E-state index in [1.807, 2.05) is 12.3 Å². The maximum atomic E-state index is 6.02. The number of nitrogens with zero attached hydrogens (tertiary/aromatic N) is 3. The van der Waals surface area contributed by atoms with Crippen LogP contribution in [-0.2, 0) is 6.42 Å². The second-order valence-electron chi connectivity index (χ2n) is 3.89. The molecule has 0 bridgehead atoms. The smallest absolute Gasteiger partial charge is 0.175 e. The molecule has 0 aliphatic heterocycles. The lowest BCUT2D eigenvalue weighted by Gasteiger charge is -2.07. The van der Waals surface area contributed by atoms with Gasteiger partial charge in [0, 0.05) is 18.2 Å². The maximum Gasteiger partial charge on any atom is 0.175 e. The van der Waals surface area contributed by atoms with Crippen LogP contribution in [0.25, 0.3) is 5.52 Å². The molecule has 0 saturated carbocycles. The first-order chi connectivity index (χ1) is 8.26. The van der Waals surface area contributed by atoms with Gasteiger partial charge in [0.2, 0.25) is 0 Å². The standard InChI is InChI=1S/C12H16ClN3S/c1-3-5-11-14-8-9-7-10(13)15-12(16(9)11)17-6-4-2/h7-8H,3-6H2,1-2H3. The number of aromatic nitrogens is 3. The third-order valence-corrected chi connectivity index (χ3v) is 3.77. The fraction of sp³-hybridized carbons (Fsp3) is 0.500. The minimum atomic E-state index is 0.541. The number of imidazole rings is 1. The number of hydrogen-bond acceptors (Lipinski definition) is 3. The van der Waals surface area contributed by atoms with E-state index in [9.17, 15) is 0 Å². The third kappa shape index (κ3) is 2.75. The first-order valence-corrected chi connectivity index (χ1v) is 7.28. The fourth-order valence-corrected chi connectivity index (χ4v) is 2.85. The van der Waals surface area contributed by atoms with Crippen LogP contribution in [0.15, 0.2) is 17.4 Å². The molecule has 3 nitrogen and oxygen atoms in total. The molecule has 0 fully saturated rings. The summed E-state index contributed by atoms with van der Waals surface area (Å²) in [7, 11) is 0. The van der Waals surface area contributed by atoms with Gasteiger partial charge in [-0.25, -0.2) is 9.97 Å². The van der Waals surface area contributed by atoms with E-state index in [-0.39, 0.29) is 0 Å². The van der Waals surface area contributed by atoms with Crippen molar-refractivity contribution in [2.45, 2.75) is 38.3 Å². The molecule has 0 aromatic carbocycles. The summed E-state index contributed by atoms with van der Waals surface area (Å²) in [6.07, 6.45) is 5.05. The van der Waals surface area contributed by atoms with E-state index in [1.165, 1.54) is 0 Å². The molecule has 2 aromatic heterocycles. The minimum Gasteiger partial charge on any atom is -0.275 e. The highest BCUT2D eigenvalue weighted by Gasteiger charge is 2.10. The van der Waals surface area contributed by atoms with Gasteiger partial charge in [0.05, 0.1) is 11.7 Å². The number of aryl methyl sites for hydroxylation is 1. The highest BCUT2D eigenvalue weighted by atomic mass is 35.5. The normalized spacial score (nSPS) is 11.2. The monoisotopic (exact) mass is 269 g/mol. The molecule has 0 unspecified atom stereocenters. The van der Waals surface area contributed by atoms with Crippen LogP contribution in [0.4, 0.5) is 0 Å². The largest absolute Gasteiger partial charge is 0.275 e. The van der Waals surface area contributed by atoms with Gasteiger partial charge in [0.15, 0.2) is 5.16 Å². The van der Waals surface area contributed by atoms with Gasteiger partial charge >= 0.3 is 0 Å². The number of hydrogen-bond donors (Lipinski definition) is 0. The van der Waals surface area contributed by atoms with Crippen molar-refractivity contribution in [3.8, 4) is 0 Å². The third-order valence-electron chi connectivity index (χ3n) is 2.43. The number of halogens is 1. The predicted octanol–water partition coefficient (Wildman–Crippen LogP) is 3.84. The van der Waals surface area contributed by atoms with Gasteiger partial charge in [-0.1, -0.05) is 37.2 Å². The van der Waals surface area contributed by atoms with Crippen molar-refractivity contribution in [1.29, 1.82) is 0 Å². The Bertz CT molecular complexity index is 510. The molecule has 2 heterocycles. The van der Waals surface area contributed by atoms with Crippen molar-refractivity contribution in [2.24, 2.45) is 0 Å². The molecule has 0 atom stereocenters. The minimum absolute atomic E-state index is 0.541. The summed E-state index contributed by atoms with van der Waals surface area (Å²) >= 11 is 7.76. The Morgan fingerprint density at radius 1 is 1.35 bits per heavy atom. The molecule has 5 heteroatoms. The van der Waals surface area contributed by atoms with Crippen molar-refractivity contribution in [2.75, 3.05) is 5.75 Å². The molecule has 0 aliphatic rings. The summed E-state index contributed by atoms with van der Waals surface area (Å²) < 4.78 is 2.12. The molecule has 0 N–H and O–H groups in total. The van der Waals surface area contributed by atoms with Gasteiger partial charge in [-0.05, 0) is 12.8 Å². The van der Waals surface area contributed by atoms with Crippen LogP contribution in [-0.4, -0.2) is 20.1 Å². The molecule has 0 aliphatic carbocycles. The topological polar surface area (TPSA) is 30.2 Å². The van der Waals surface area contributed by atoms with Gasteiger partial charge in [-0.2, -0.15) is 0 Å². The highest BCUT2D eigenvalue weighted by Crippen LogP contribution is 2.23. The van der Waals surface area contributed by atoms with Crippen molar-refractivity contribution >= 4 is 28.9 Å². The van der Waals surface area contributed by atoms with Crippen LogP contribution < -0.4 is 0 Å². The number of fused-ring (bicyclic) bond motifs is 1. The first kappa shape index (κ1) is 12.7. The predicted molar refractivity (Wildman–Crippen MR) is 73.0 cm³/mol. The number of thioether (sulfide) groups is 1. The molecule has 2 rings (SSSR count). The van der Waals surface area contributed by atoms with Gasteiger partial charge < -0.3 is 0 Å². The summed E-state index contributed by atoms with van der Waals surface area (Å²) in [5.41, 5.74) is 1.03. The molecule has 2 aromatic rings. The van der Waals surface area contributed by atoms with E-state index in [4.69, 9.17) is 11.6 Å². The Balaban J connectivity index is 2.49. The fourth-order valence-electron chi connectivity index (χ4n) is 1.71. The second-order valence-corrected chi connectivity index (χ2v) is 5.34. The zero-order chi connectivity index (χ0) is 12.3. The Morgan fingerprint density at radius 3 is 2.88 bits per heavy atom. The lowest BCUT2D eigenvalue weighted by molar-refractivity contribution is 0.774. The zero-order valence-electron chi connectivity index (χ0n) is 10.1. The molecule has 0 radical (unpaired) electrons. The van der Waals surface area contributed by atoms with Crippen LogP contribution in [0.2, 0.25) is 5.15 Å². The van der Waals surface area contributed by atoms with E-state index in [2.05, 4.69) is 28.2 Å². The molecule has 92 valence electrons. The molecule has 0 amide bonds. The quantitative estimate of drug-likeness (QED) is 0.469. The molecule has 0 spiro atoms. The Morgan fingerprint density at radius 2 is 2.18 bits per heavy atom. The van der Waals surface area contributed by atoms with Gasteiger partial charge in [0.25, 0.3) is 0 Å². The maximum absolute atomic E-state index is 6.02. The number of rotatable bonds is 5. The van der Waals surface area contributed by atoms with E-state index < -0.39 is 0 Å². The van der Waals surface area contributed by atoms with E-state index in [0.717, 1.165) is 41.5 Å². The van der Waals surface area contributed by atoms with Crippen molar-refractivity contribution < 1.29 is 0 Å². The Kier molecular flexibility index (Phi) is 4.29. The molecule has 17 heavy (non-hydrogen) atoms. The lowest BCUT2D eigenvalue weighted by atomic mass is 10.3. The first-order valence-electron chi connectivity index (χ1n) is 5.92. The average molecular weight is 270 g/mol. The van der Waals surface area contributed by atoms with Crippen molar-refractivity contribution in [3.05, 3.63) is 23.2 Å². The summed E-state index contributed by atoms with van der Waals surface area (Å²) in [6.45, 7) is 4.32. The summed E-state index contributed by atoms with van der Waals surface area (Å²) in [5, 5.41) is 1.49. The van der Waals surface area contributed by atoms with Crippen LogP contribution in [0.3, 0.4) is 0 Å².